The van der Waals surface area contributed by atoms with Crippen molar-refractivity contribution in [1.82, 2.24) is 10.3 Å². The minimum atomic E-state index is 0.401. The topological polar surface area (TPSA) is 24.9 Å². The lowest BCUT2D eigenvalue weighted by atomic mass is 10.1. The Bertz CT molecular complexity index is 302. The summed E-state index contributed by atoms with van der Waals surface area (Å²) in [4.78, 5) is 4.39. The average Bonchev–Trinajstić information content (AvgIpc) is 2.34. The van der Waals surface area contributed by atoms with E-state index in [0.717, 1.165) is 5.03 Å². The highest BCUT2D eigenvalue weighted by Gasteiger charge is 2.03. The van der Waals surface area contributed by atoms with Gasteiger partial charge in [-0.3, -0.25) is 0 Å². The predicted octanol–water partition coefficient (Wildman–Crippen LogP) is 3.64. The van der Waals surface area contributed by atoms with Gasteiger partial charge in [-0.25, -0.2) is 4.98 Å². The van der Waals surface area contributed by atoms with Crippen LogP contribution >= 0.6 is 11.8 Å². The van der Waals surface area contributed by atoms with Gasteiger partial charge in [0, 0.05) is 12.2 Å². The molecule has 16 heavy (non-hydrogen) atoms. The van der Waals surface area contributed by atoms with Gasteiger partial charge in [0.05, 0.1) is 5.03 Å². The number of nitrogens with zero attached hydrogens (tertiary/aromatic N) is 1. The van der Waals surface area contributed by atoms with E-state index in [2.05, 4.69) is 36.3 Å². The first-order valence-electron chi connectivity index (χ1n) is 6.04. The van der Waals surface area contributed by atoms with E-state index < -0.39 is 0 Å². The highest BCUT2D eigenvalue weighted by atomic mass is 32.2. The SMILES string of the molecule is CCCCCSc1cc(C(C)NC)ccn1. The fourth-order valence-electron chi connectivity index (χ4n) is 1.47. The number of rotatable bonds is 7. The summed E-state index contributed by atoms with van der Waals surface area (Å²) in [5.41, 5.74) is 1.32. The summed E-state index contributed by atoms with van der Waals surface area (Å²) in [6.45, 7) is 4.40. The number of nitrogens with one attached hydrogen (secondary N) is 1. The fraction of sp³-hybridized carbons (Fsp3) is 0.615. The molecular weight excluding hydrogens is 216 g/mol. The molecule has 1 heterocycles. The van der Waals surface area contributed by atoms with Gasteiger partial charge in [0.2, 0.25) is 0 Å². The number of hydrogen-bond acceptors (Lipinski definition) is 3. The highest BCUT2D eigenvalue weighted by molar-refractivity contribution is 7.99. The minimum Gasteiger partial charge on any atom is -0.313 e. The van der Waals surface area contributed by atoms with Gasteiger partial charge < -0.3 is 5.32 Å². The summed E-state index contributed by atoms with van der Waals surface area (Å²) in [6.07, 6.45) is 5.80. The van der Waals surface area contributed by atoms with Crippen molar-refractivity contribution in [2.75, 3.05) is 12.8 Å². The van der Waals surface area contributed by atoms with Crippen LogP contribution in [0.3, 0.4) is 0 Å². The molecule has 0 saturated heterocycles. The third-order valence-corrected chi connectivity index (χ3v) is 3.70. The van der Waals surface area contributed by atoms with Crippen molar-refractivity contribution in [2.24, 2.45) is 0 Å². The standard InChI is InChI=1S/C13H22N2S/c1-4-5-6-9-16-13-10-12(7-8-15-13)11(2)14-3/h7-8,10-11,14H,4-6,9H2,1-3H3. The number of unbranched alkanes of at least 4 members (excludes halogenated alkanes) is 2. The van der Waals surface area contributed by atoms with Gasteiger partial charge in [0.15, 0.2) is 0 Å². The van der Waals surface area contributed by atoms with Crippen LogP contribution in [0.25, 0.3) is 0 Å². The fourth-order valence-corrected chi connectivity index (χ4v) is 2.38. The van der Waals surface area contributed by atoms with Crippen molar-refractivity contribution < 1.29 is 0 Å². The molecule has 0 saturated carbocycles. The number of hydrogen-bond donors (Lipinski definition) is 1. The lowest BCUT2D eigenvalue weighted by molar-refractivity contribution is 0.649. The zero-order valence-electron chi connectivity index (χ0n) is 10.5. The van der Waals surface area contributed by atoms with Gasteiger partial charge in [-0.05, 0) is 43.8 Å². The smallest absolute Gasteiger partial charge is 0.0963 e. The Balaban J connectivity index is 2.47. The molecule has 0 bridgehead atoms. The molecule has 0 aromatic carbocycles. The van der Waals surface area contributed by atoms with Crippen LogP contribution in [0.4, 0.5) is 0 Å². The summed E-state index contributed by atoms with van der Waals surface area (Å²) in [7, 11) is 1.99. The van der Waals surface area contributed by atoms with Crippen molar-refractivity contribution >= 4 is 11.8 Å². The van der Waals surface area contributed by atoms with Crippen LogP contribution in [0.2, 0.25) is 0 Å². The van der Waals surface area contributed by atoms with E-state index in [1.165, 1.54) is 30.6 Å². The normalized spacial score (nSPS) is 12.7. The summed E-state index contributed by atoms with van der Waals surface area (Å²) >= 11 is 1.86. The van der Waals surface area contributed by atoms with Gasteiger partial charge in [0.1, 0.15) is 0 Å². The van der Waals surface area contributed by atoms with Gasteiger partial charge in [-0.15, -0.1) is 11.8 Å². The third kappa shape index (κ3) is 4.54. The molecule has 90 valence electrons. The van der Waals surface area contributed by atoms with E-state index in [-0.39, 0.29) is 0 Å². The van der Waals surface area contributed by atoms with Crippen molar-refractivity contribution in [2.45, 2.75) is 44.2 Å². The Hall–Kier alpha value is -0.540. The molecule has 0 aliphatic carbocycles. The second-order valence-electron chi connectivity index (χ2n) is 3.99. The van der Waals surface area contributed by atoms with E-state index in [4.69, 9.17) is 0 Å². The summed E-state index contributed by atoms with van der Waals surface area (Å²) in [5.74, 6) is 1.18. The van der Waals surface area contributed by atoms with Crippen LogP contribution in [-0.4, -0.2) is 17.8 Å². The summed E-state index contributed by atoms with van der Waals surface area (Å²) in [5, 5.41) is 4.40. The lowest BCUT2D eigenvalue weighted by Gasteiger charge is -2.11. The maximum Gasteiger partial charge on any atom is 0.0963 e. The van der Waals surface area contributed by atoms with Crippen molar-refractivity contribution in [3.05, 3.63) is 23.9 Å². The maximum atomic E-state index is 4.39. The predicted molar refractivity (Wildman–Crippen MR) is 72.0 cm³/mol. The zero-order valence-corrected chi connectivity index (χ0v) is 11.3. The Morgan fingerprint density at radius 2 is 2.25 bits per heavy atom. The molecule has 3 heteroatoms. The molecule has 1 unspecified atom stereocenters. The second-order valence-corrected chi connectivity index (χ2v) is 5.11. The Labute approximate surface area is 103 Å². The molecule has 0 fully saturated rings. The Morgan fingerprint density at radius 1 is 1.44 bits per heavy atom. The molecule has 0 amide bonds. The van der Waals surface area contributed by atoms with Gasteiger partial charge in [-0.1, -0.05) is 19.8 Å². The monoisotopic (exact) mass is 238 g/mol. The number of thioether (sulfide) groups is 1. The van der Waals surface area contributed by atoms with Crippen LogP contribution in [0, 0.1) is 0 Å². The van der Waals surface area contributed by atoms with Crippen molar-refractivity contribution in [1.29, 1.82) is 0 Å². The molecule has 1 aromatic heterocycles. The largest absolute Gasteiger partial charge is 0.313 e. The Morgan fingerprint density at radius 3 is 2.94 bits per heavy atom. The van der Waals surface area contributed by atoms with E-state index in [1.807, 2.05) is 25.0 Å². The molecule has 0 radical (unpaired) electrons. The first-order valence-corrected chi connectivity index (χ1v) is 7.02. The van der Waals surface area contributed by atoms with Crippen LogP contribution in [0.15, 0.2) is 23.4 Å². The third-order valence-electron chi connectivity index (χ3n) is 2.69. The molecule has 0 spiro atoms. The lowest BCUT2D eigenvalue weighted by Crippen LogP contribution is -2.12. The summed E-state index contributed by atoms with van der Waals surface area (Å²) in [6, 6.07) is 4.67. The molecular formula is C13H22N2S. The highest BCUT2D eigenvalue weighted by Crippen LogP contribution is 2.20. The first kappa shape index (κ1) is 13.5. The number of pyridine rings is 1. The van der Waals surface area contributed by atoms with Crippen molar-refractivity contribution in [3.8, 4) is 0 Å². The first-order chi connectivity index (χ1) is 7.77. The average molecular weight is 238 g/mol. The molecule has 1 N–H and O–H groups in total. The second kappa shape index (κ2) is 7.69. The number of aromatic nitrogens is 1. The summed E-state index contributed by atoms with van der Waals surface area (Å²) < 4.78 is 0. The van der Waals surface area contributed by atoms with E-state index in [9.17, 15) is 0 Å². The maximum absolute atomic E-state index is 4.39. The zero-order chi connectivity index (χ0) is 11.8. The Kier molecular flexibility index (Phi) is 6.50. The van der Waals surface area contributed by atoms with E-state index in [0.29, 0.717) is 6.04 Å². The van der Waals surface area contributed by atoms with Crippen LogP contribution in [0.5, 0.6) is 0 Å². The molecule has 0 aliphatic heterocycles. The molecule has 1 rings (SSSR count). The van der Waals surface area contributed by atoms with Gasteiger partial charge in [-0.2, -0.15) is 0 Å². The molecule has 0 aliphatic rings. The van der Waals surface area contributed by atoms with Gasteiger partial charge >= 0.3 is 0 Å². The quantitative estimate of drug-likeness (QED) is 0.580. The van der Waals surface area contributed by atoms with E-state index in [1.54, 1.807) is 0 Å². The van der Waals surface area contributed by atoms with Crippen LogP contribution in [-0.2, 0) is 0 Å². The van der Waals surface area contributed by atoms with E-state index >= 15 is 0 Å². The van der Waals surface area contributed by atoms with Crippen molar-refractivity contribution in [3.63, 3.8) is 0 Å². The van der Waals surface area contributed by atoms with Crippen LogP contribution in [0.1, 0.15) is 44.7 Å². The minimum absolute atomic E-state index is 0.401. The van der Waals surface area contributed by atoms with Crippen LogP contribution < -0.4 is 5.32 Å². The van der Waals surface area contributed by atoms with Gasteiger partial charge in [0.25, 0.3) is 0 Å². The molecule has 1 aromatic rings. The molecule has 2 nitrogen and oxygen atoms in total. The molecule has 1 atom stereocenters.